The number of Topliss-reactive ketones (excluding diaryl/α,β-unsaturated/α-hetero) is 1. The second-order valence-electron chi connectivity index (χ2n) is 5.79. The monoisotopic (exact) mass is 398 g/mol. The molecule has 0 fully saturated rings. The van der Waals surface area contributed by atoms with Crippen molar-refractivity contribution in [3.05, 3.63) is 68.9 Å². The summed E-state index contributed by atoms with van der Waals surface area (Å²) in [6.45, 7) is 3.24. The van der Waals surface area contributed by atoms with E-state index in [1.165, 1.54) is 31.2 Å². The minimum absolute atomic E-state index is 0.224. The maximum atomic E-state index is 14.5. The Balaban J connectivity index is 2.52. The number of hydrogen-bond acceptors (Lipinski definition) is 1. The maximum Gasteiger partial charge on any atom is 0.141 e. The zero-order chi connectivity index (χ0) is 17.9. The Morgan fingerprint density at radius 2 is 1.71 bits per heavy atom. The Morgan fingerprint density at radius 3 is 2.21 bits per heavy atom. The number of rotatable bonds is 6. The molecule has 0 aliphatic rings. The van der Waals surface area contributed by atoms with Crippen LogP contribution in [0.2, 0.25) is 0 Å². The Kier molecular flexibility index (Phi) is 6.21. The number of aryl methyl sites for hydroxylation is 1. The van der Waals surface area contributed by atoms with Gasteiger partial charge in [-0.15, -0.1) is 0 Å². The molecule has 2 rings (SSSR count). The molecule has 0 aliphatic carbocycles. The molecule has 2 aromatic carbocycles. The second-order valence-corrected chi connectivity index (χ2v) is 6.65. The fourth-order valence-electron chi connectivity index (χ4n) is 2.73. The van der Waals surface area contributed by atoms with Gasteiger partial charge in [-0.3, -0.25) is 4.79 Å². The minimum atomic E-state index is -1.17. The lowest BCUT2D eigenvalue weighted by atomic mass is 9.86. The summed E-state index contributed by atoms with van der Waals surface area (Å²) in [5.74, 6) is -3.75. The average Bonchev–Trinajstić information content (AvgIpc) is 2.51. The van der Waals surface area contributed by atoms with E-state index in [2.05, 4.69) is 15.9 Å². The number of carbonyl (C=O) groups is 1. The predicted octanol–water partition coefficient (Wildman–Crippen LogP) is 5.93. The van der Waals surface area contributed by atoms with Crippen molar-refractivity contribution < 1.29 is 18.0 Å². The summed E-state index contributed by atoms with van der Waals surface area (Å²) in [4.78, 5) is 12.0. The van der Waals surface area contributed by atoms with E-state index >= 15 is 0 Å². The van der Waals surface area contributed by atoms with E-state index in [4.69, 9.17) is 0 Å². The van der Waals surface area contributed by atoms with E-state index in [1.54, 1.807) is 0 Å². The number of unbranched alkanes of at least 4 members (excludes halogenated alkanes) is 1. The molecule has 0 N–H and O–H groups in total. The SMILES string of the molecule is CCCCc1cc(F)c(C(C(C)=O)c2ccc(Br)c(F)c2)c(F)c1. The van der Waals surface area contributed by atoms with Gasteiger partial charge in [-0.1, -0.05) is 19.4 Å². The molecular formula is C19H18BrF3O. The Hall–Kier alpha value is -1.62. The number of ketones is 1. The molecule has 0 spiro atoms. The molecule has 5 heteroatoms. The standard InChI is InChI=1S/C19H18BrF3O/c1-3-4-5-12-8-16(22)19(17(23)9-12)18(11(2)24)13-6-7-14(20)15(21)10-13/h6-10,18H,3-5H2,1-2H3. The van der Waals surface area contributed by atoms with Gasteiger partial charge in [0, 0.05) is 5.56 Å². The van der Waals surface area contributed by atoms with E-state index in [1.807, 2.05) is 6.92 Å². The van der Waals surface area contributed by atoms with Crippen molar-refractivity contribution in [3.8, 4) is 0 Å². The first-order valence-electron chi connectivity index (χ1n) is 7.78. The summed E-state index contributed by atoms with van der Waals surface area (Å²) < 4.78 is 43.0. The van der Waals surface area contributed by atoms with E-state index in [0.717, 1.165) is 18.9 Å². The molecular weight excluding hydrogens is 381 g/mol. The highest BCUT2D eigenvalue weighted by Gasteiger charge is 2.27. The zero-order valence-corrected chi connectivity index (χ0v) is 15.1. The smallest absolute Gasteiger partial charge is 0.141 e. The van der Waals surface area contributed by atoms with Crippen LogP contribution >= 0.6 is 15.9 Å². The molecule has 0 saturated heterocycles. The van der Waals surface area contributed by atoms with Crippen molar-refractivity contribution in [3.63, 3.8) is 0 Å². The fraction of sp³-hybridized carbons (Fsp3) is 0.316. The zero-order valence-electron chi connectivity index (χ0n) is 13.5. The van der Waals surface area contributed by atoms with Crippen LogP contribution in [0.4, 0.5) is 13.2 Å². The van der Waals surface area contributed by atoms with E-state index in [-0.39, 0.29) is 15.6 Å². The van der Waals surface area contributed by atoms with Gasteiger partial charge in [0.15, 0.2) is 0 Å². The summed E-state index contributed by atoms with van der Waals surface area (Å²) >= 11 is 3.03. The molecule has 0 heterocycles. The second kappa shape index (κ2) is 7.97. The maximum absolute atomic E-state index is 14.5. The van der Waals surface area contributed by atoms with Crippen molar-refractivity contribution in [2.24, 2.45) is 0 Å². The van der Waals surface area contributed by atoms with Crippen molar-refractivity contribution >= 4 is 21.7 Å². The van der Waals surface area contributed by atoms with Crippen LogP contribution in [0.15, 0.2) is 34.8 Å². The summed E-state index contributed by atoms with van der Waals surface area (Å²) in [5.41, 5.74) is 0.451. The van der Waals surface area contributed by atoms with Gasteiger partial charge in [-0.25, -0.2) is 13.2 Å². The van der Waals surface area contributed by atoms with Gasteiger partial charge in [-0.05, 0) is 71.1 Å². The first kappa shape index (κ1) is 18.7. The largest absolute Gasteiger partial charge is 0.299 e. The molecule has 0 radical (unpaired) electrons. The Labute approximate surface area is 148 Å². The van der Waals surface area contributed by atoms with Crippen LogP contribution in [0.1, 0.15) is 49.3 Å². The van der Waals surface area contributed by atoms with E-state index < -0.39 is 29.2 Å². The van der Waals surface area contributed by atoms with Gasteiger partial charge in [0.05, 0.1) is 10.4 Å². The van der Waals surface area contributed by atoms with Crippen molar-refractivity contribution in [2.75, 3.05) is 0 Å². The van der Waals surface area contributed by atoms with Crippen LogP contribution in [0.3, 0.4) is 0 Å². The molecule has 128 valence electrons. The van der Waals surface area contributed by atoms with Crippen LogP contribution in [-0.2, 0) is 11.2 Å². The number of benzene rings is 2. The molecule has 24 heavy (non-hydrogen) atoms. The van der Waals surface area contributed by atoms with Gasteiger partial charge in [0.2, 0.25) is 0 Å². The lowest BCUT2D eigenvalue weighted by Gasteiger charge is -2.18. The third-order valence-electron chi connectivity index (χ3n) is 3.93. The molecule has 1 unspecified atom stereocenters. The molecule has 2 aromatic rings. The summed E-state index contributed by atoms with van der Waals surface area (Å²) in [7, 11) is 0. The van der Waals surface area contributed by atoms with Crippen molar-refractivity contribution in [1.82, 2.24) is 0 Å². The predicted molar refractivity (Wildman–Crippen MR) is 91.6 cm³/mol. The van der Waals surface area contributed by atoms with E-state index in [0.29, 0.717) is 12.0 Å². The third kappa shape index (κ3) is 4.07. The van der Waals surface area contributed by atoms with Crippen LogP contribution in [-0.4, -0.2) is 5.78 Å². The number of hydrogen-bond donors (Lipinski definition) is 0. The highest BCUT2D eigenvalue weighted by molar-refractivity contribution is 9.10. The lowest BCUT2D eigenvalue weighted by molar-refractivity contribution is -0.117. The van der Waals surface area contributed by atoms with Crippen LogP contribution in [0.25, 0.3) is 0 Å². The highest BCUT2D eigenvalue weighted by Crippen LogP contribution is 2.32. The molecule has 0 bridgehead atoms. The summed E-state index contributed by atoms with van der Waals surface area (Å²) in [6, 6.07) is 6.56. The molecule has 1 atom stereocenters. The van der Waals surface area contributed by atoms with Crippen LogP contribution < -0.4 is 0 Å². The Bertz CT molecular complexity index is 735. The molecule has 1 nitrogen and oxygen atoms in total. The summed E-state index contributed by atoms with van der Waals surface area (Å²) in [6.07, 6.45) is 2.31. The fourth-order valence-corrected chi connectivity index (χ4v) is 2.98. The summed E-state index contributed by atoms with van der Waals surface area (Å²) in [5, 5.41) is 0. The lowest BCUT2D eigenvalue weighted by Crippen LogP contribution is -2.15. The first-order valence-corrected chi connectivity index (χ1v) is 8.57. The van der Waals surface area contributed by atoms with Crippen molar-refractivity contribution in [1.29, 1.82) is 0 Å². The molecule has 0 amide bonds. The van der Waals surface area contributed by atoms with Crippen LogP contribution in [0, 0.1) is 17.5 Å². The average molecular weight is 399 g/mol. The molecule has 0 aliphatic heterocycles. The minimum Gasteiger partial charge on any atom is -0.299 e. The van der Waals surface area contributed by atoms with Gasteiger partial charge in [0.1, 0.15) is 23.2 Å². The van der Waals surface area contributed by atoms with Crippen LogP contribution in [0.5, 0.6) is 0 Å². The van der Waals surface area contributed by atoms with Gasteiger partial charge in [0.25, 0.3) is 0 Å². The topological polar surface area (TPSA) is 17.1 Å². The molecule has 0 aromatic heterocycles. The first-order chi connectivity index (χ1) is 11.3. The van der Waals surface area contributed by atoms with Gasteiger partial charge < -0.3 is 0 Å². The van der Waals surface area contributed by atoms with Crippen molar-refractivity contribution in [2.45, 2.75) is 39.0 Å². The van der Waals surface area contributed by atoms with E-state index in [9.17, 15) is 18.0 Å². The number of halogens is 4. The Morgan fingerprint density at radius 1 is 1.08 bits per heavy atom. The third-order valence-corrected chi connectivity index (χ3v) is 4.57. The number of carbonyl (C=O) groups excluding carboxylic acids is 1. The van der Waals surface area contributed by atoms with Gasteiger partial charge >= 0.3 is 0 Å². The van der Waals surface area contributed by atoms with Gasteiger partial charge in [-0.2, -0.15) is 0 Å². The highest BCUT2D eigenvalue weighted by atomic mass is 79.9. The normalized spacial score (nSPS) is 12.2. The quantitative estimate of drug-likeness (QED) is 0.589. The molecule has 0 saturated carbocycles.